The Morgan fingerprint density at radius 1 is 1.28 bits per heavy atom. The summed E-state index contributed by atoms with van der Waals surface area (Å²) in [5.41, 5.74) is 0.567. The molecule has 6 heteroatoms. The van der Waals surface area contributed by atoms with Gasteiger partial charge in [0, 0.05) is 10.7 Å². The Morgan fingerprint density at radius 2 is 1.89 bits per heavy atom. The number of benzene rings is 1. The van der Waals surface area contributed by atoms with Gasteiger partial charge in [-0.3, -0.25) is 0 Å². The second-order valence-electron chi connectivity index (χ2n) is 4.26. The molecule has 0 spiro atoms. The molecule has 0 radical (unpaired) electrons. The fourth-order valence-electron chi connectivity index (χ4n) is 1.65. The minimum atomic E-state index is -0.997. The number of rotatable bonds is 4. The van der Waals surface area contributed by atoms with Crippen molar-refractivity contribution in [3.63, 3.8) is 0 Å². The van der Waals surface area contributed by atoms with E-state index in [4.69, 9.17) is 16.7 Å². The lowest BCUT2D eigenvalue weighted by atomic mass is 10.2. The van der Waals surface area contributed by atoms with E-state index in [0.29, 0.717) is 10.7 Å². The molecular formula is C12H13ClN2O3. The van der Waals surface area contributed by atoms with E-state index < -0.39 is 18.0 Å². The molecule has 1 unspecified atom stereocenters. The molecule has 3 N–H and O–H groups in total. The number of anilines is 1. The summed E-state index contributed by atoms with van der Waals surface area (Å²) in [5, 5.41) is 14.6. The van der Waals surface area contributed by atoms with Crippen molar-refractivity contribution in [2.45, 2.75) is 18.9 Å². The number of aliphatic carboxylic acids is 1. The standard InChI is InChI=1S/C12H13ClN2O3/c13-8-3-5-9(6-4-8)14-12(18)15-10(11(16)17)7-1-2-7/h3-7,10H,1-2H2,(H,16,17)(H2,14,15,18). The minimum absolute atomic E-state index is 0.0541. The lowest BCUT2D eigenvalue weighted by Crippen LogP contribution is -2.44. The van der Waals surface area contributed by atoms with E-state index in [2.05, 4.69) is 10.6 Å². The first kappa shape index (κ1) is 12.7. The van der Waals surface area contributed by atoms with Crippen LogP contribution in [-0.2, 0) is 4.79 Å². The van der Waals surface area contributed by atoms with Crippen molar-refractivity contribution in [3.05, 3.63) is 29.3 Å². The summed E-state index contributed by atoms with van der Waals surface area (Å²) in [6.07, 6.45) is 1.69. The van der Waals surface area contributed by atoms with Crippen molar-refractivity contribution in [2.75, 3.05) is 5.32 Å². The molecule has 0 saturated heterocycles. The van der Waals surface area contributed by atoms with Crippen LogP contribution in [0.1, 0.15) is 12.8 Å². The van der Waals surface area contributed by atoms with Crippen molar-refractivity contribution >= 4 is 29.3 Å². The average molecular weight is 269 g/mol. The second-order valence-corrected chi connectivity index (χ2v) is 4.70. The molecule has 96 valence electrons. The highest BCUT2D eigenvalue weighted by Gasteiger charge is 2.37. The van der Waals surface area contributed by atoms with Crippen LogP contribution in [-0.4, -0.2) is 23.1 Å². The molecule has 1 aliphatic carbocycles. The molecule has 1 saturated carbocycles. The molecule has 1 atom stereocenters. The third-order valence-electron chi connectivity index (χ3n) is 2.75. The van der Waals surface area contributed by atoms with E-state index in [-0.39, 0.29) is 5.92 Å². The van der Waals surface area contributed by atoms with Crippen molar-refractivity contribution in [2.24, 2.45) is 5.92 Å². The lowest BCUT2D eigenvalue weighted by molar-refractivity contribution is -0.139. The number of carboxylic acids is 1. The summed E-state index contributed by atoms with van der Waals surface area (Å²) in [4.78, 5) is 22.6. The number of carbonyl (C=O) groups excluding carboxylic acids is 1. The summed E-state index contributed by atoms with van der Waals surface area (Å²) >= 11 is 5.72. The topological polar surface area (TPSA) is 78.4 Å². The summed E-state index contributed by atoms with van der Waals surface area (Å²) in [5.74, 6) is -0.942. The van der Waals surface area contributed by atoms with Gasteiger partial charge in [0.2, 0.25) is 0 Å². The van der Waals surface area contributed by atoms with Gasteiger partial charge in [0.15, 0.2) is 0 Å². The predicted octanol–water partition coefficient (Wildman–Crippen LogP) is 2.32. The largest absolute Gasteiger partial charge is 0.480 e. The number of carboxylic acid groups (broad SMARTS) is 1. The van der Waals surface area contributed by atoms with Crippen LogP contribution in [0.2, 0.25) is 5.02 Å². The van der Waals surface area contributed by atoms with Crippen molar-refractivity contribution in [1.82, 2.24) is 5.32 Å². The highest BCUT2D eigenvalue weighted by molar-refractivity contribution is 6.30. The van der Waals surface area contributed by atoms with E-state index in [0.717, 1.165) is 12.8 Å². The summed E-state index contributed by atoms with van der Waals surface area (Å²) in [6, 6.07) is 5.26. The SMILES string of the molecule is O=C(Nc1ccc(Cl)cc1)NC(C(=O)O)C1CC1. The Kier molecular flexibility index (Phi) is 3.72. The number of hydrogen-bond acceptors (Lipinski definition) is 2. The Labute approximate surface area is 109 Å². The first-order valence-electron chi connectivity index (χ1n) is 5.62. The van der Waals surface area contributed by atoms with Crippen molar-refractivity contribution in [1.29, 1.82) is 0 Å². The van der Waals surface area contributed by atoms with Crippen LogP contribution in [0.3, 0.4) is 0 Å². The van der Waals surface area contributed by atoms with Gasteiger partial charge in [-0.1, -0.05) is 11.6 Å². The van der Waals surface area contributed by atoms with Crippen molar-refractivity contribution < 1.29 is 14.7 Å². The van der Waals surface area contributed by atoms with E-state index in [1.807, 2.05) is 0 Å². The monoisotopic (exact) mass is 268 g/mol. The number of urea groups is 1. The Balaban J connectivity index is 1.91. The molecule has 0 heterocycles. The molecule has 1 fully saturated rings. The summed E-state index contributed by atoms with van der Waals surface area (Å²) < 4.78 is 0. The number of amides is 2. The molecule has 2 rings (SSSR count). The number of halogens is 1. The molecule has 2 amide bonds. The quantitative estimate of drug-likeness (QED) is 0.784. The van der Waals surface area contributed by atoms with E-state index in [9.17, 15) is 9.59 Å². The Hall–Kier alpha value is -1.75. The van der Waals surface area contributed by atoms with Gasteiger partial charge in [-0.15, -0.1) is 0 Å². The molecule has 1 aliphatic rings. The zero-order valence-corrected chi connectivity index (χ0v) is 10.3. The van der Waals surface area contributed by atoms with Crippen molar-refractivity contribution in [3.8, 4) is 0 Å². The van der Waals surface area contributed by atoms with E-state index in [1.54, 1.807) is 24.3 Å². The second kappa shape index (κ2) is 5.27. The van der Waals surface area contributed by atoms with Gasteiger partial charge in [0.05, 0.1) is 0 Å². The predicted molar refractivity (Wildman–Crippen MR) is 67.8 cm³/mol. The molecule has 0 bridgehead atoms. The van der Waals surface area contributed by atoms with Crippen LogP contribution in [0.4, 0.5) is 10.5 Å². The van der Waals surface area contributed by atoms with Crippen LogP contribution in [0.15, 0.2) is 24.3 Å². The van der Waals surface area contributed by atoms with Gasteiger partial charge in [-0.05, 0) is 43.0 Å². The highest BCUT2D eigenvalue weighted by Crippen LogP contribution is 2.32. The number of hydrogen-bond donors (Lipinski definition) is 3. The van der Waals surface area contributed by atoms with Crippen LogP contribution < -0.4 is 10.6 Å². The Morgan fingerprint density at radius 3 is 2.39 bits per heavy atom. The zero-order chi connectivity index (χ0) is 13.1. The molecule has 0 aliphatic heterocycles. The maximum Gasteiger partial charge on any atom is 0.326 e. The van der Waals surface area contributed by atoms with Gasteiger partial charge < -0.3 is 15.7 Å². The molecule has 1 aromatic rings. The van der Waals surface area contributed by atoms with E-state index >= 15 is 0 Å². The Bertz CT molecular complexity index is 457. The first-order chi connectivity index (χ1) is 8.56. The summed E-state index contributed by atoms with van der Waals surface area (Å²) in [6.45, 7) is 0. The van der Waals surface area contributed by atoms with Crippen LogP contribution in [0.25, 0.3) is 0 Å². The number of carbonyl (C=O) groups is 2. The van der Waals surface area contributed by atoms with Gasteiger partial charge in [-0.25, -0.2) is 9.59 Å². The average Bonchev–Trinajstić information content (AvgIpc) is 3.13. The third kappa shape index (κ3) is 3.37. The highest BCUT2D eigenvalue weighted by atomic mass is 35.5. The fourth-order valence-corrected chi connectivity index (χ4v) is 1.78. The minimum Gasteiger partial charge on any atom is -0.480 e. The van der Waals surface area contributed by atoms with Crippen LogP contribution in [0, 0.1) is 5.92 Å². The molecule has 1 aromatic carbocycles. The van der Waals surface area contributed by atoms with Crippen LogP contribution >= 0.6 is 11.6 Å². The zero-order valence-electron chi connectivity index (χ0n) is 9.52. The van der Waals surface area contributed by atoms with Gasteiger partial charge in [0.1, 0.15) is 6.04 Å². The molecule has 5 nitrogen and oxygen atoms in total. The smallest absolute Gasteiger partial charge is 0.326 e. The maximum absolute atomic E-state index is 11.6. The molecule has 0 aromatic heterocycles. The van der Waals surface area contributed by atoms with Gasteiger partial charge in [0.25, 0.3) is 0 Å². The van der Waals surface area contributed by atoms with Gasteiger partial charge >= 0.3 is 12.0 Å². The number of nitrogens with one attached hydrogen (secondary N) is 2. The fraction of sp³-hybridized carbons (Fsp3) is 0.333. The summed E-state index contributed by atoms with van der Waals surface area (Å²) in [7, 11) is 0. The van der Waals surface area contributed by atoms with Gasteiger partial charge in [-0.2, -0.15) is 0 Å². The first-order valence-corrected chi connectivity index (χ1v) is 6.00. The lowest BCUT2D eigenvalue weighted by Gasteiger charge is -2.14. The normalized spacial score (nSPS) is 15.8. The molecule has 18 heavy (non-hydrogen) atoms. The molecular weight excluding hydrogens is 256 g/mol. The van der Waals surface area contributed by atoms with Crippen LogP contribution in [0.5, 0.6) is 0 Å². The maximum atomic E-state index is 11.6. The van der Waals surface area contributed by atoms with E-state index in [1.165, 1.54) is 0 Å². The third-order valence-corrected chi connectivity index (χ3v) is 3.00.